The third-order valence-corrected chi connectivity index (χ3v) is 6.71. The summed E-state index contributed by atoms with van der Waals surface area (Å²) in [7, 11) is -2.98. The van der Waals surface area contributed by atoms with Gasteiger partial charge in [-0.3, -0.25) is 4.99 Å². The first-order valence-corrected chi connectivity index (χ1v) is 10.3. The van der Waals surface area contributed by atoms with E-state index < -0.39 is 9.84 Å². The zero-order valence-electron chi connectivity index (χ0n) is 11.9. The van der Waals surface area contributed by atoms with E-state index in [2.05, 4.69) is 39.7 Å². The molecule has 0 amide bonds. The second kappa shape index (κ2) is 5.59. The Kier molecular flexibility index (Phi) is 4.09. The highest BCUT2D eigenvalue weighted by Crippen LogP contribution is 2.36. The number of benzene rings is 1. The number of anilines is 1. The number of halogens is 1. The molecular formula is C14H17BrN2O2S2. The molecule has 0 aliphatic carbocycles. The maximum atomic E-state index is 11.9. The van der Waals surface area contributed by atoms with Crippen LogP contribution >= 0.6 is 27.7 Å². The summed E-state index contributed by atoms with van der Waals surface area (Å²) in [5, 5.41) is 1.35. The maximum absolute atomic E-state index is 11.9. The zero-order valence-corrected chi connectivity index (χ0v) is 15.1. The number of sulfone groups is 1. The predicted octanol–water partition coefficient (Wildman–Crippen LogP) is 2.93. The lowest BCUT2D eigenvalue weighted by Gasteiger charge is -2.27. The first kappa shape index (κ1) is 15.4. The average Bonchev–Trinajstić information content (AvgIpc) is 2.79. The number of hydrogen-bond donors (Lipinski definition) is 0. The van der Waals surface area contributed by atoms with Gasteiger partial charge in [-0.25, -0.2) is 8.42 Å². The topological polar surface area (TPSA) is 49.7 Å². The molecule has 0 unspecified atom stereocenters. The van der Waals surface area contributed by atoms with Crippen molar-refractivity contribution in [1.29, 1.82) is 0 Å². The minimum Gasteiger partial charge on any atom is -0.315 e. The third kappa shape index (κ3) is 3.14. The molecule has 0 bridgehead atoms. The quantitative estimate of drug-likeness (QED) is 0.781. The average molecular weight is 389 g/mol. The highest BCUT2D eigenvalue weighted by Gasteiger charge is 2.47. The second-order valence-corrected chi connectivity index (χ2v) is 10.3. The van der Waals surface area contributed by atoms with E-state index in [1.807, 2.05) is 24.3 Å². The van der Waals surface area contributed by atoms with Gasteiger partial charge in [0.1, 0.15) is 0 Å². The number of rotatable bonds is 2. The summed E-state index contributed by atoms with van der Waals surface area (Å²) in [5.41, 5.74) is 1.00. The molecule has 1 saturated heterocycles. The Morgan fingerprint density at radius 2 is 2.14 bits per heavy atom. The molecule has 0 N–H and O–H groups in total. The van der Waals surface area contributed by atoms with Crippen molar-refractivity contribution in [2.45, 2.75) is 31.2 Å². The molecule has 2 atom stereocenters. The lowest BCUT2D eigenvalue weighted by Crippen LogP contribution is -2.39. The Bertz CT molecular complexity index is 688. The van der Waals surface area contributed by atoms with Crippen molar-refractivity contribution >= 4 is 48.4 Å². The predicted molar refractivity (Wildman–Crippen MR) is 93.0 cm³/mol. The van der Waals surface area contributed by atoms with Crippen LogP contribution in [0.25, 0.3) is 0 Å². The van der Waals surface area contributed by atoms with Crippen molar-refractivity contribution in [3.05, 3.63) is 28.7 Å². The van der Waals surface area contributed by atoms with Gasteiger partial charge in [-0.1, -0.05) is 47.6 Å². The molecule has 1 fully saturated rings. The molecule has 4 nitrogen and oxygen atoms in total. The fourth-order valence-corrected chi connectivity index (χ4v) is 5.96. The molecule has 1 aromatic carbocycles. The fourth-order valence-electron chi connectivity index (χ4n) is 2.75. The number of thioether (sulfide) groups is 1. The summed E-state index contributed by atoms with van der Waals surface area (Å²) in [6, 6.07) is 7.77. The van der Waals surface area contributed by atoms with Crippen molar-refractivity contribution in [1.82, 2.24) is 0 Å². The van der Waals surface area contributed by atoms with Gasteiger partial charge >= 0.3 is 0 Å². The molecule has 0 spiro atoms. The summed E-state index contributed by atoms with van der Waals surface area (Å²) in [6.07, 6.45) is 0. The number of amidine groups is 1. The molecule has 21 heavy (non-hydrogen) atoms. The van der Waals surface area contributed by atoms with E-state index in [1.54, 1.807) is 11.8 Å². The molecular weight excluding hydrogens is 372 g/mol. The summed E-state index contributed by atoms with van der Waals surface area (Å²) < 4.78 is 24.8. The van der Waals surface area contributed by atoms with Crippen LogP contribution in [0.15, 0.2) is 33.7 Å². The van der Waals surface area contributed by atoms with Crippen molar-refractivity contribution < 1.29 is 8.42 Å². The zero-order chi connectivity index (χ0) is 15.2. The van der Waals surface area contributed by atoms with E-state index in [-0.39, 0.29) is 23.6 Å². The molecule has 2 aliphatic heterocycles. The van der Waals surface area contributed by atoms with Crippen LogP contribution in [-0.2, 0) is 9.84 Å². The van der Waals surface area contributed by atoms with Gasteiger partial charge in [0.2, 0.25) is 0 Å². The number of fused-ring (bicyclic) bond motifs is 1. The minimum absolute atomic E-state index is 0.0643. The van der Waals surface area contributed by atoms with E-state index in [1.165, 1.54) is 0 Å². The van der Waals surface area contributed by atoms with E-state index in [0.717, 1.165) is 15.3 Å². The van der Waals surface area contributed by atoms with Crippen molar-refractivity contribution in [2.75, 3.05) is 16.4 Å². The Morgan fingerprint density at radius 1 is 1.38 bits per heavy atom. The van der Waals surface area contributed by atoms with Crippen LogP contribution in [0, 0.1) is 0 Å². The molecule has 114 valence electrons. The highest BCUT2D eigenvalue weighted by atomic mass is 79.9. The lowest BCUT2D eigenvalue weighted by atomic mass is 10.1. The molecule has 3 rings (SSSR count). The summed E-state index contributed by atoms with van der Waals surface area (Å²) in [5.74, 6) is 0.361. The van der Waals surface area contributed by atoms with Gasteiger partial charge < -0.3 is 4.90 Å². The summed E-state index contributed by atoms with van der Waals surface area (Å²) in [4.78, 5) is 6.79. The molecule has 2 heterocycles. The normalized spacial score (nSPS) is 27.0. The highest BCUT2D eigenvalue weighted by molar-refractivity contribution is 9.10. The third-order valence-electron chi connectivity index (χ3n) is 3.54. The standard InChI is InChI=1S/C14H17BrN2O2S2/c1-9(2)20-14-16-12-7-21(18,19)8-13(12)17(14)11-5-3-4-10(15)6-11/h3-6,9,12-13H,7-8H2,1-2H3/t12-,13+/m0/s1. The minimum atomic E-state index is -2.98. The van der Waals surface area contributed by atoms with Crippen molar-refractivity contribution in [2.24, 2.45) is 4.99 Å². The van der Waals surface area contributed by atoms with Gasteiger partial charge in [-0.2, -0.15) is 0 Å². The van der Waals surface area contributed by atoms with Gasteiger partial charge in [0, 0.05) is 15.4 Å². The van der Waals surface area contributed by atoms with Crippen molar-refractivity contribution in [3.8, 4) is 0 Å². The summed E-state index contributed by atoms with van der Waals surface area (Å²) in [6.45, 7) is 4.24. The second-order valence-electron chi connectivity index (χ2n) is 5.64. The van der Waals surface area contributed by atoms with Crippen LogP contribution in [0.4, 0.5) is 5.69 Å². The first-order chi connectivity index (χ1) is 9.85. The Hall–Kier alpha value is -0.530. The fraction of sp³-hybridized carbons (Fsp3) is 0.500. The van der Waals surface area contributed by atoms with E-state index in [9.17, 15) is 8.42 Å². The van der Waals surface area contributed by atoms with Crippen LogP contribution in [-0.4, -0.2) is 42.4 Å². The largest absolute Gasteiger partial charge is 0.315 e. The molecule has 2 aliphatic rings. The monoisotopic (exact) mass is 388 g/mol. The number of hydrogen-bond acceptors (Lipinski definition) is 5. The Labute approximate surface area is 138 Å². The molecule has 0 saturated carbocycles. The number of nitrogens with zero attached hydrogens (tertiary/aromatic N) is 2. The van der Waals surface area contributed by atoms with E-state index in [0.29, 0.717) is 5.25 Å². The van der Waals surface area contributed by atoms with Crippen LogP contribution in [0.2, 0.25) is 0 Å². The van der Waals surface area contributed by atoms with Gasteiger partial charge in [-0.05, 0) is 18.2 Å². The molecule has 0 aromatic heterocycles. The Morgan fingerprint density at radius 3 is 2.81 bits per heavy atom. The SMILES string of the molecule is CC(C)SC1=N[C@H]2CS(=O)(=O)C[C@H]2N1c1cccc(Br)c1. The maximum Gasteiger partial charge on any atom is 0.164 e. The van der Waals surface area contributed by atoms with Crippen LogP contribution in [0.1, 0.15) is 13.8 Å². The molecule has 7 heteroatoms. The summed E-state index contributed by atoms with van der Waals surface area (Å²) >= 11 is 5.18. The van der Waals surface area contributed by atoms with Crippen LogP contribution in [0.5, 0.6) is 0 Å². The lowest BCUT2D eigenvalue weighted by molar-refractivity contribution is 0.601. The van der Waals surface area contributed by atoms with Gasteiger partial charge in [-0.15, -0.1) is 0 Å². The van der Waals surface area contributed by atoms with Crippen LogP contribution < -0.4 is 4.90 Å². The molecule has 1 aromatic rings. The first-order valence-electron chi connectivity index (χ1n) is 6.85. The van der Waals surface area contributed by atoms with Gasteiger partial charge in [0.15, 0.2) is 15.0 Å². The number of aliphatic imine (C=N–C) groups is 1. The van der Waals surface area contributed by atoms with Gasteiger partial charge in [0.05, 0.1) is 23.6 Å². The van der Waals surface area contributed by atoms with E-state index >= 15 is 0 Å². The Balaban J connectivity index is 2.00. The van der Waals surface area contributed by atoms with Crippen molar-refractivity contribution in [3.63, 3.8) is 0 Å². The smallest absolute Gasteiger partial charge is 0.164 e. The van der Waals surface area contributed by atoms with Gasteiger partial charge in [0.25, 0.3) is 0 Å². The molecule has 0 radical (unpaired) electrons. The van der Waals surface area contributed by atoms with E-state index in [4.69, 9.17) is 0 Å². The van der Waals surface area contributed by atoms with Crippen LogP contribution in [0.3, 0.4) is 0 Å².